The van der Waals surface area contributed by atoms with Crippen LogP contribution >= 0.6 is 27.5 Å². The van der Waals surface area contributed by atoms with Crippen molar-refractivity contribution in [2.45, 2.75) is 13.8 Å². The molecule has 0 unspecified atom stereocenters. The summed E-state index contributed by atoms with van der Waals surface area (Å²) < 4.78 is 0. The van der Waals surface area contributed by atoms with Gasteiger partial charge in [-0.3, -0.25) is 0 Å². The van der Waals surface area contributed by atoms with Gasteiger partial charge in [-0.25, -0.2) is 0 Å². The average Bonchev–Trinajstić information content (AvgIpc) is 2.02. The van der Waals surface area contributed by atoms with Crippen molar-refractivity contribution < 1.29 is 0 Å². The predicted octanol–water partition coefficient (Wildman–Crippen LogP) is 3.70. The van der Waals surface area contributed by atoms with Crippen LogP contribution in [0.4, 0.5) is 0 Å². The van der Waals surface area contributed by atoms with Gasteiger partial charge in [0.2, 0.25) is 0 Å². The second kappa shape index (κ2) is 4.69. The van der Waals surface area contributed by atoms with Crippen molar-refractivity contribution in [3.63, 3.8) is 0 Å². The van der Waals surface area contributed by atoms with E-state index in [0.29, 0.717) is 5.33 Å². The molecule has 0 saturated heterocycles. The molecule has 0 aromatic heterocycles. The van der Waals surface area contributed by atoms with Gasteiger partial charge in [0.05, 0.1) is 5.33 Å². The summed E-state index contributed by atoms with van der Waals surface area (Å²) in [6, 6.07) is 3.87. The van der Waals surface area contributed by atoms with Gasteiger partial charge in [-0.05, 0) is 37.1 Å². The van der Waals surface area contributed by atoms with Crippen molar-refractivity contribution in [1.29, 1.82) is 0 Å². The summed E-state index contributed by atoms with van der Waals surface area (Å²) in [4.78, 5) is 0. The van der Waals surface area contributed by atoms with E-state index in [1.165, 1.54) is 0 Å². The van der Waals surface area contributed by atoms with Gasteiger partial charge in [0, 0.05) is 10.6 Å². The first-order valence-electron chi connectivity index (χ1n) is 3.96. The van der Waals surface area contributed by atoms with Crippen LogP contribution in [-0.2, 0) is 0 Å². The minimum atomic E-state index is 0.703. The van der Waals surface area contributed by atoms with Crippen LogP contribution in [-0.4, -0.2) is 5.33 Å². The molecule has 0 radical (unpaired) electrons. The molecule has 0 atom stereocenters. The second-order valence-electron chi connectivity index (χ2n) is 2.85. The number of benzene rings is 1. The van der Waals surface area contributed by atoms with E-state index in [-0.39, 0.29) is 0 Å². The van der Waals surface area contributed by atoms with Gasteiger partial charge in [-0.1, -0.05) is 39.4 Å². The highest BCUT2D eigenvalue weighted by molar-refractivity contribution is 9.09. The zero-order chi connectivity index (χ0) is 9.84. The molecular weight excluding hydrogens is 247 g/mol. The molecule has 0 nitrogen and oxygen atoms in total. The van der Waals surface area contributed by atoms with Gasteiger partial charge in [0.1, 0.15) is 0 Å². The Balaban J connectivity index is 3.21. The number of halogens is 2. The maximum atomic E-state index is 5.90. The Bertz CT molecular complexity index is 348. The smallest absolute Gasteiger partial charge is 0.0649 e. The Kier molecular flexibility index (Phi) is 3.84. The standard InChI is InChI=1S/C11H10BrCl/c1-8-6-10(13)7-9(2)11(8)4-3-5-12/h6-7H,5H2,1-2H3. The van der Waals surface area contributed by atoms with E-state index in [0.717, 1.165) is 21.7 Å². The van der Waals surface area contributed by atoms with Crippen LogP contribution in [0.5, 0.6) is 0 Å². The summed E-state index contributed by atoms with van der Waals surface area (Å²) in [6.07, 6.45) is 0. The fourth-order valence-corrected chi connectivity index (χ4v) is 1.70. The Labute approximate surface area is 92.4 Å². The van der Waals surface area contributed by atoms with E-state index in [9.17, 15) is 0 Å². The van der Waals surface area contributed by atoms with Crippen LogP contribution in [0.2, 0.25) is 5.02 Å². The number of rotatable bonds is 0. The quantitative estimate of drug-likeness (QED) is 0.491. The average molecular weight is 258 g/mol. The van der Waals surface area contributed by atoms with Crippen molar-refractivity contribution in [2.24, 2.45) is 0 Å². The molecule has 1 rings (SSSR count). The molecular formula is C11H10BrCl. The van der Waals surface area contributed by atoms with Crippen LogP contribution in [0.25, 0.3) is 0 Å². The Morgan fingerprint density at radius 3 is 2.31 bits per heavy atom. The minimum absolute atomic E-state index is 0.703. The molecule has 0 aliphatic carbocycles. The minimum Gasteiger partial charge on any atom is -0.0863 e. The molecule has 0 fully saturated rings. The van der Waals surface area contributed by atoms with Gasteiger partial charge >= 0.3 is 0 Å². The van der Waals surface area contributed by atoms with Crippen molar-refractivity contribution in [2.75, 3.05) is 5.33 Å². The van der Waals surface area contributed by atoms with Gasteiger partial charge in [-0.15, -0.1) is 0 Å². The fourth-order valence-electron chi connectivity index (χ4n) is 1.23. The summed E-state index contributed by atoms with van der Waals surface area (Å²) in [5.74, 6) is 6.09. The van der Waals surface area contributed by atoms with E-state index in [2.05, 4.69) is 27.8 Å². The third-order valence-electron chi connectivity index (χ3n) is 1.78. The molecule has 13 heavy (non-hydrogen) atoms. The van der Waals surface area contributed by atoms with E-state index in [4.69, 9.17) is 11.6 Å². The molecule has 0 amide bonds. The molecule has 0 spiro atoms. The SMILES string of the molecule is Cc1cc(Cl)cc(C)c1C#CCBr. The maximum Gasteiger partial charge on any atom is 0.0649 e. The zero-order valence-corrected chi connectivity index (χ0v) is 9.96. The highest BCUT2D eigenvalue weighted by Crippen LogP contribution is 2.18. The Morgan fingerprint density at radius 2 is 1.85 bits per heavy atom. The monoisotopic (exact) mass is 256 g/mol. The summed E-state index contributed by atoms with van der Waals surface area (Å²) in [5.41, 5.74) is 3.36. The number of hydrogen-bond donors (Lipinski definition) is 0. The predicted molar refractivity (Wildman–Crippen MR) is 61.6 cm³/mol. The van der Waals surface area contributed by atoms with Gasteiger partial charge in [0.15, 0.2) is 0 Å². The maximum absolute atomic E-state index is 5.90. The molecule has 68 valence electrons. The highest BCUT2D eigenvalue weighted by atomic mass is 79.9. The third kappa shape index (κ3) is 2.76. The molecule has 0 saturated carbocycles. The van der Waals surface area contributed by atoms with Crippen LogP contribution in [0.3, 0.4) is 0 Å². The topological polar surface area (TPSA) is 0 Å². The van der Waals surface area contributed by atoms with E-state index in [1.54, 1.807) is 0 Å². The highest BCUT2D eigenvalue weighted by Gasteiger charge is 2.00. The molecule has 0 aliphatic heterocycles. The van der Waals surface area contributed by atoms with Gasteiger partial charge < -0.3 is 0 Å². The number of aryl methyl sites for hydroxylation is 2. The molecule has 0 heterocycles. The number of hydrogen-bond acceptors (Lipinski definition) is 0. The van der Waals surface area contributed by atoms with Crippen molar-refractivity contribution in [1.82, 2.24) is 0 Å². The molecule has 0 aliphatic rings. The van der Waals surface area contributed by atoms with Gasteiger partial charge in [0.25, 0.3) is 0 Å². The summed E-state index contributed by atoms with van der Waals surface area (Å²) in [5, 5.41) is 1.48. The first-order valence-corrected chi connectivity index (χ1v) is 5.46. The van der Waals surface area contributed by atoms with Crippen LogP contribution in [0.1, 0.15) is 16.7 Å². The third-order valence-corrected chi connectivity index (χ3v) is 2.28. The summed E-state index contributed by atoms with van der Waals surface area (Å²) >= 11 is 9.17. The van der Waals surface area contributed by atoms with Crippen LogP contribution < -0.4 is 0 Å². The van der Waals surface area contributed by atoms with Crippen molar-refractivity contribution in [3.8, 4) is 11.8 Å². The second-order valence-corrected chi connectivity index (χ2v) is 3.85. The summed E-state index contributed by atoms with van der Waals surface area (Å²) in [6.45, 7) is 4.05. The number of alkyl halides is 1. The zero-order valence-electron chi connectivity index (χ0n) is 7.62. The molecule has 2 heteroatoms. The Hall–Kier alpha value is -0.450. The molecule has 1 aromatic rings. The normalized spacial score (nSPS) is 9.23. The molecule has 0 N–H and O–H groups in total. The van der Waals surface area contributed by atoms with E-state index < -0.39 is 0 Å². The van der Waals surface area contributed by atoms with Crippen molar-refractivity contribution >= 4 is 27.5 Å². The fraction of sp³-hybridized carbons (Fsp3) is 0.273. The first kappa shape index (κ1) is 10.6. The lowest BCUT2D eigenvalue weighted by Gasteiger charge is -2.03. The lowest BCUT2D eigenvalue weighted by molar-refractivity contribution is 1.35. The first-order chi connectivity index (χ1) is 6.15. The van der Waals surface area contributed by atoms with Crippen LogP contribution in [0.15, 0.2) is 12.1 Å². The lowest BCUT2D eigenvalue weighted by Crippen LogP contribution is -1.87. The Morgan fingerprint density at radius 1 is 1.31 bits per heavy atom. The molecule has 0 bridgehead atoms. The summed E-state index contributed by atoms with van der Waals surface area (Å²) in [7, 11) is 0. The van der Waals surface area contributed by atoms with Gasteiger partial charge in [-0.2, -0.15) is 0 Å². The van der Waals surface area contributed by atoms with E-state index in [1.807, 2.05) is 26.0 Å². The molecule has 1 aromatic carbocycles. The lowest BCUT2D eigenvalue weighted by atomic mass is 10.0. The van der Waals surface area contributed by atoms with E-state index >= 15 is 0 Å². The van der Waals surface area contributed by atoms with Crippen LogP contribution in [0, 0.1) is 25.7 Å². The van der Waals surface area contributed by atoms with Crippen molar-refractivity contribution in [3.05, 3.63) is 33.8 Å². The largest absolute Gasteiger partial charge is 0.0863 e.